The zero-order valence-corrected chi connectivity index (χ0v) is 12.2. The van der Waals surface area contributed by atoms with E-state index in [1.165, 1.54) is 6.92 Å². The number of hydrogen-bond donors (Lipinski definition) is 0. The van der Waals surface area contributed by atoms with E-state index in [1.54, 1.807) is 0 Å². The van der Waals surface area contributed by atoms with E-state index in [-0.39, 0.29) is 5.57 Å². The van der Waals surface area contributed by atoms with Crippen LogP contribution in [0.15, 0.2) is 38.0 Å². The van der Waals surface area contributed by atoms with Crippen molar-refractivity contribution in [3.8, 4) is 0 Å². The third-order valence-electron chi connectivity index (χ3n) is 1.26. The Morgan fingerprint density at radius 3 is 1.57 bits per heavy atom. The summed E-state index contributed by atoms with van der Waals surface area (Å²) in [6.07, 6.45) is -8.25. The largest absolute Gasteiger partial charge is 0.453 e. The molecule has 0 bridgehead atoms. The molecule has 0 aliphatic carbocycles. The summed E-state index contributed by atoms with van der Waals surface area (Å²) in [6.45, 7) is 10.2. The highest BCUT2D eigenvalue weighted by atomic mass is 19.4. The molecule has 4 nitrogen and oxygen atoms in total. The Hall–Kier alpha value is -2.26. The molecule has 0 unspecified atom stereocenters. The highest BCUT2D eigenvalue weighted by Gasteiger charge is 2.29. The van der Waals surface area contributed by atoms with E-state index in [9.17, 15) is 35.9 Å². The lowest BCUT2D eigenvalue weighted by Crippen LogP contribution is -2.20. The van der Waals surface area contributed by atoms with Crippen LogP contribution in [0.25, 0.3) is 0 Å². The van der Waals surface area contributed by atoms with Crippen LogP contribution in [-0.2, 0) is 19.1 Å². The molecule has 0 amide bonds. The summed E-state index contributed by atoms with van der Waals surface area (Å²) in [6, 6.07) is 0. The second-order valence-electron chi connectivity index (χ2n) is 3.40. The minimum Gasteiger partial charge on any atom is -0.453 e. The average molecular weight is 350 g/mol. The molecule has 0 rings (SSSR count). The van der Waals surface area contributed by atoms with E-state index in [1.807, 2.05) is 0 Å². The molecular weight excluding hydrogens is 334 g/mol. The Balaban J connectivity index is -0.000000315. The quantitative estimate of drug-likeness (QED) is 0.335. The van der Waals surface area contributed by atoms with E-state index < -0.39 is 37.5 Å². The molecular formula is C13H16F6O4. The van der Waals surface area contributed by atoms with Gasteiger partial charge < -0.3 is 9.47 Å². The predicted molar refractivity (Wildman–Crippen MR) is 70.3 cm³/mol. The van der Waals surface area contributed by atoms with Crippen molar-refractivity contribution < 1.29 is 45.4 Å². The van der Waals surface area contributed by atoms with Crippen LogP contribution < -0.4 is 0 Å². The molecule has 10 heteroatoms. The lowest BCUT2D eigenvalue weighted by atomic mass is 10.4. The van der Waals surface area contributed by atoms with Gasteiger partial charge in [0, 0.05) is 11.6 Å². The minimum absolute atomic E-state index is 0.0470. The summed E-state index contributed by atoms with van der Waals surface area (Å²) in [5.74, 6) is -2.10. The first-order valence-electron chi connectivity index (χ1n) is 5.54. The van der Waals surface area contributed by atoms with Gasteiger partial charge in [0.15, 0.2) is 13.2 Å². The van der Waals surface area contributed by atoms with Crippen molar-refractivity contribution in [1.29, 1.82) is 0 Å². The first kappa shape index (κ1) is 25.7. The van der Waals surface area contributed by atoms with E-state index in [0.29, 0.717) is 6.08 Å². The third-order valence-corrected chi connectivity index (χ3v) is 1.26. The number of hydrogen-bond acceptors (Lipinski definition) is 4. The summed E-state index contributed by atoms with van der Waals surface area (Å²) in [4.78, 5) is 20.4. The van der Waals surface area contributed by atoms with E-state index in [2.05, 4.69) is 35.8 Å². The monoisotopic (exact) mass is 350 g/mol. The van der Waals surface area contributed by atoms with Crippen molar-refractivity contribution in [2.45, 2.75) is 19.3 Å². The number of carbonyl (C=O) groups excluding carboxylic acids is 2. The molecule has 0 radical (unpaired) electrons. The number of carbonyl (C=O) groups is 2. The van der Waals surface area contributed by atoms with E-state index >= 15 is 0 Å². The van der Waals surface area contributed by atoms with Crippen molar-refractivity contribution in [3.05, 3.63) is 38.0 Å². The van der Waals surface area contributed by atoms with Crippen molar-refractivity contribution >= 4 is 11.9 Å². The standard InChI is InChI=1S/C6H7F3O2.C5H5F3O2.C2H4/c1-4(2)5(10)11-3-6(7,8)9;1-2-4(9)10-3-5(6,7)8;1-2/h1,3H2,2H3;2H,1,3H2;1-2H2. The molecule has 0 aromatic carbocycles. The summed E-state index contributed by atoms with van der Waals surface area (Å²) >= 11 is 0. The number of rotatable bonds is 4. The molecule has 0 aliphatic rings. The number of halogens is 6. The van der Waals surface area contributed by atoms with Gasteiger partial charge in [-0.2, -0.15) is 26.3 Å². The maximum absolute atomic E-state index is 11.4. The number of esters is 2. The fraction of sp³-hybridized carbons (Fsp3) is 0.385. The fourth-order valence-electron chi connectivity index (χ4n) is 0.482. The molecule has 0 aromatic heterocycles. The molecule has 0 spiro atoms. The summed E-state index contributed by atoms with van der Waals surface area (Å²) in [7, 11) is 0. The van der Waals surface area contributed by atoms with Crippen LogP contribution in [0.1, 0.15) is 6.92 Å². The van der Waals surface area contributed by atoms with E-state index in [4.69, 9.17) is 0 Å². The van der Waals surface area contributed by atoms with Gasteiger partial charge in [-0.15, -0.1) is 13.2 Å². The van der Waals surface area contributed by atoms with Crippen LogP contribution in [0, 0.1) is 0 Å². The molecule has 0 saturated carbocycles. The van der Waals surface area contributed by atoms with Gasteiger partial charge in [-0.3, -0.25) is 0 Å². The predicted octanol–water partition coefficient (Wildman–Crippen LogP) is 3.75. The topological polar surface area (TPSA) is 52.6 Å². The third kappa shape index (κ3) is 25.1. The summed E-state index contributed by atoms with van der Waals surface area (Å²) < 4.78 is 75.3. The number of alkyl halides is 6. The second-order valence-corrected chi connectivity index (χ2v) is 3.40. The van der Waals surface area contributed by atoms with Gasteiger partial charge in [-0.05, 0) is 6.92 Å². The highest BCUT2D eigenvalue weighted by molar-refractivity contribution is 5.86. The molecule has 0 heterocycles. The average Bonchev–Trinajstić information content (AvgIpc) is 2.43. The first-order valence-corrected chi connectivity index (χ1v) is 5.54. The van der Waals surface area contributed by atoms with Crippen LogP contribution in [0.2, 0.25) is 0 Å². The van der Waals surface area contributed by atoms with Crippen LogP contribution in [0.4, 0.5) is 26.3 Å². The smallest absolute Gasteiger partial charge is 0.422 e. The molecule has 134 valence electrons. The Morgan fingerprint density at radius 1 is 0.957 bits per heavy atom. The molecule has 0 aromatic rings. The second kappa shape index (κ2) is 12.3. The lowest BCUT2D eigenvalue weighted by Gasteiger charge is -2.06. The van der Waals surface area contributed by atoms with Crippen molar-refractivity contribution in [1.82, 2.24) is 0 Å². The van der Waals surface area contributed by atoms with Gasteiger partial charge in [0.05, 0.1) is 0 Å². The Morgan fingerprint density at radius 2 is 1.30 bits per heavy atom. The molecule has 0 aliphatic heterocycles. The van der Waals surface area contributed by atoms with Crippen molar-refractivity contribution in [2.75, 3.05) is 13.2 Å². The first-order chi connectivity index (χ1) is 10.3. The SMILES string of the molecule is C=C.C=C(C)C(=O)OCC(F)(F)F.C=CC(=O)OCC(F)(F)F. The maximum Gasteiger partial charge on any atom is 0.422 e. The van der Waals surface area contributed by atoms with Crippen molar-refractivity contribution in [3.63, 3.8) is 0 Å². The Bertz CT molecular complexity index is 398. The Kier molecular flexibility index (Phi) is 13.7. The van der Waals surface area contributed by atoms with E-state index in [0.717, 1.165) is 0 Å². The van der Waals surface area contributed by atoms with Gasteiger partial charge in [-0.25, -0.2) is 9.59 Å². The molecule has 0 saturated heterocycles. The van der Waals surface area contributed by atoms with Crippen LogP contribution >= 0.6 is 0 Å². The molecule has 0 fully saturated rings. The Labute approximate surface area is 129 Å². The minimum atomic E-state index is -4.47. The zero-order chi connectivity index (χ0) is 19.3. The van der Waals surface area contributed by atoms with Gasteiger partial charge in [0.25, 0.3) is 0 Å². The summed E-state index contributed by atoms with van der Waals surface area (Å²) in [5.41, 5.74) is -0.0470. The molecule has 0 N–H and O–H groups in total. The van der Waals surface area contributed by atoms with Gasteiger partial charge >= 0.3 is 24.3 Å². The molecule has 23 heavy (non-hydrogen) atoms. The molecule has 0 atom stereocenters. The van der Waals surface area contributed by atoms with Crippen LogP contribution in [-0.4, -0.2) is 37.5 Å². The van der Waals surface area contributed by atoms with Gasteiger partial charge in [0.2, 0.25) is 0 Å². The normalized spacial score (nSPS) is 10.0. The van der Waals surface area contributed by atoms with Crippen LogP contribution in [0.5, 0.6) is 0 Å². The zero-order valence-electron chi connectivity index (χ0n) is 12.2. The lowest BCUT2D eigenvalue weighted by molar-refractivity contribution is -0.183. The van der Waals surface area contributed by atoms with Gasteiger partial charge in [-0.1, -0.05) is 13.2 Å². The fourth-order valence-corrected chi connectivity index (χ4v) is 0.482. The maximum atomic E-state index is 11.4. The summed E-state index contributed by atoms with van der Waals surface area (Å²) in [5, 5.41) is 0. The van der Waals surface area contributed by atoms with Gasteiger partial charge in [0.1, 0.15) is 0 Å². The highest BCUT2D eigenvalue weighted by Crippen LogP contribution is 2.15. The van der Waals surface area contributed by atoms with Crippen molar-refractivity contribution in [2.24, 2.45) is 0 Å². The van der Waals surface area contributed by atoms with Crippen LogP contribution in [0.3, 0.4) is 0 Å². The number of ether oxygens (including phenoxy) is 2.